The lowest BCUT2D eigenvalue weighted by Crippen LogP contribution is -2.25. The van der Waals surface area contributed by atoms with Gasteiger partial charge in [0.1, 0.15) is 6.61 Å². The Morgan fingerprint density at radius 1 is 1.85 bits per heavy atom. The van der Waals surface area contributed by atoms with Crippen LogP contribution in [0, 0.1) is 0 Å². The first-order valence-corrected chi connectivity index (χ1v) is 3.80. The minimum Gasteiger partial charge on any atom is -0.368 e. The van der Waals surface area contributed by atoms with E-state index in [1.807, 2.05) is 13.1 Å². The monoisotopic (exact) mass is 184 g/mol. The van der Waals surface area contributed by atoms with Gasteiger partial charge in [0.2, 0.25) is 5.91 Å². The normalized spacial score (nSPS) is 10.2. The van der Waals surface area contributed by atoms with Crippen molar-refractivity contribution >= 4 is 5.91 Å². The largest absolute Gasteiger partial charge is 0.368 e. The van der Waals surface area contributed by atoms with E-state index in [0.29, 0.717) is 6.54 Å². The number of aromatic nitrogens is 2. The highest BCUT2D eigenvalue weighted by atomic mass is 16.6. The van der Waals surface area contributed by atoms with Crippen LogP contribution in [0.15, 0.2) is 12.3 Å². The summed E-state index contributed by atoms with van der Waals surface area (Å²) in [4.78, 5) is 15.0. The van der Waals surface area contributed by atoms with E-state index < -0.39 is 5.91 Å². The predicted molar refractivity (Wildman–Crippen MR) is 45.2 cm³/mol. The van der Waals surface area contributed by atoms with Crippen molar-refractivity contribution in [3.05, 3.63) is 18.0 Å². The highest BCUT2D eigenvalue weighted by Crippen LogP contribution is 1.94. The summed E-state index contributed by atoms with van der Waals surface area (Å²) in [6, 6.07) is 1.85. The number of rotatable bonds is 5. The molecule has 0 radical (unpaired) electrons. The van der Waals surface area contributed by atoms with E-state index in [-0.39, 0.29) is 6.61 Å². The molecule has 0 aliphatic carbocycles. The molecule has 1 aromatic rings. The maximum atomic E-state index is 10.3. The van der Waals surface area contributed by atoms with Crippen LogP contribution in [0.5, 0.6) is 0 Å². The molecule has 1 amide bonds. The number of carbonyl (C=O) groups excluding carboxylic acids is 1. The Balaban J connectivity index is 2.20. The van der Waals surface area contributed by atoms with E-state index in [1.54, 1.807) is 10.9 Å². The summed E-state index contributed by atoms with van der Waals surface area (Å²) in [6.07, 6.45) is 1.69. The SMILES string of the molecule is Cn1nccc1CNOCC(N)=O. The number of nitrogens with zero attached hydrogens (tertiary/aromatic N) is 2. The first-order valence-electron chi connectivity index (χ1n) is 3.80. The van der Waals surface area contributed by atoms with Crippen molar-refractivity contribution in [3.63, 3.8) is 0 Å². The van der Waals surface area contributed by atoms with Gasteiger partial charge < -0.3 is 5.73 Å². The molecule has 3 N–H and O–H groups in total. The average Bonchev–Trinajstić information content (AvgIpc) is 2.45. The second-order valence-corrected chi connectivity index (χ2v) is 2.52. The van der Waals surface area contributed by atoms with Crippen LogP contribution in [0.3, 0.4) is 0 Å². The van der Waals surface area contributed by atoms with Crippen LogP contribution in [-0.4, -0.2) is 22.3 Å². The molecule has 0 aliphatic heterocycles. The third-order valence-corrected chi connectivity index (χ3v) is 1.49. The van der Waals surface area contributed by atoms with Crippen LogP contribution < -0.4 is 11.2 Å². The Bertz CT molecular complexity index is 284. The first kappa shape index (κ1) is 9.69. The molecular formula is C7H12N4O2. The molecule has 13 heavy (non-hydrogen) atoms. The highest BCUT2D eigenvalue weighted by Gasteiger charge is 1.98. The molecule has 1 aromatic heterocycles. The number of aryl methyl sites for hydroxylation is 1. The fourth-order valence-corrected chi connectivity index (χ4v) is 0.822. The minimum atomic E-state index is -0.502. The number of hydrogen-bond acceptors (Lipinski definition) is 4. The average molecular weight is 184 g/mol. The Kier molecular flexibility index (Phi) is 3.41. The predicted octanol–water partition coefficient (Wildman–Crippen LogP) is -1.07. The lowest BCUT2D eigenvalue weighted by Gasteiger charge is -2.03. The van der Waals surface area contributed by atoms with Gasteiger partial charge in [-0.2, -0.15) is 10.6 Å². The number of hydroxylamine groups is 1. The fourth-order valence-electron chi connectivity index (χ4n) is 0.822. The summed E-state index contributed by atoms with van der Waals surface area (Å²) in [6.45, 7) is 0.363. The number of carbonyl (C=O) groups is 1. The maximum Gasteiger partial charge on any atom is 0.245 e. The van der Waals surface area contributed by atoms with Crippen molar-refractivity contribution in [1.29, 1.82) is 0 Å². The smallest absolute Gasteiger partial charge is 0.245 e. The number of amides is 1. The van der Waals surface area contributed by atoms with Crippen molar-refractivity contribution < 1.29 is 9.63 Å². The molecule has 0 saturated carbocycles. The van der Waals surface area contributed by atoms with Gasteiger partial charge in [-0.1, -0.05) is 0 Å². The molecule has 0 atom stereocenters. The van der Waals surface area contributed by atoms with Gasteiger partial charge in [-0.25, -0.2) is 0 Å². The molecule has 0 bridgehead atoms. The second kappa shape index (κ2) is 4.58. The topological polar surface area (TPSA) is 82.2 Å². The fraction of sp³-hybridized carbons (Fsp3) is 0.429. The minimum absolute atomic E-state index is 0.127. The summed E-state index contributed by atoms with van der Waals surface area (Å²) in [7, 11) is 1.82. The van der Waals surface area contributed by atoms with Crippen LogP contribution >= 0.6 is 0 Å². The van der Waals surface area contributed by atoms with Crippen LogP contribution in [0.1, 0.15) is 5.69 Å². The van der Waals surface area contributed by atoms with Gasteiger partial charge in [0.25, 0.3) is 0 Å². The molecule has 1 heterocycles. The zero-order valence-corrected chi connectivity index (χ0v) is 7.36. The van der Waals surface area contributed by atoms with Gasteiger partial charge in [0, 0.05) is 13.2 Å². The molecule has 0 spiro atoms. The molecule has 6 nitrogen and oxygen atoms in total. The Morgan fingerprint density at radius 2 is 2.62 bits per heavy atom. The lowest BCUT2D eigenvalue weighted by atomic mass is 10.4. The molecule has 0 aliphatic rings. The Labute approximate surface area is 75.6 Å². The van der Waals surface area contributed by atoms with E-state index in [0.717, 1.165) is 5.69 Å². The summed E-state index contributed by atoms with van der Waals surface area (Å²) in [5.74, 6) is -0.502. The first-order chi connectivity index (χ1) is 6.20. The van der Waals surface area contributed by atoms with Gasteiger partial charge in [-0.05, 0) is 6.07 Å². The molecule has 1 rings (SSSR count). The zero-order chi connectivity index (χ0) is 9.68. The quantitative estimate of drug-likeness (QED) is 0.451. The highest BCUT2D eigenvalue weighted by molar-refractivity contribution is 5.74. The summed E-state index contributed by atoms with van der Waals surface area (Å²) < 4.78 is 1.71. The summed E-state index contributed by atoms with van der Waals surface area (Å²) in [5.41, 5.74) is 8.42. The standard InChI is InChI=1S/C7H12N4O2/c1-11-6(2-3-9-11)4-10-13-5-7(8)12/h2-3,10H,4-5H2,1H3,(H2,8,12). The number of nitrogens with two attached hydrogens (primary N) is 1. The van der Waals surface area contributed by atoms with Crippen LogP contribution in [0.2, 0.25) is 0 Å². The maximum absolute atomic E-state index is 10.3. The molecule has 6 heteroatoms. The Hall–Kier alpha value is -1.40. The lowest BCUT2D eigenvalue weighted by molar-refractivity contribution is -0.125. The van der Waals surface area contributed by atoms with Gasteiger partial charge >= 0.3 is 0 Å². The van der Waals surface area contributed by atoms with Crippen molar-refractivity contribution in [2.75, 3.05) is 6.61 Å². The summed E-state index contributed by atoms with van der Waals surface area (Å²) in [5, 5.41) is 3.96. The number of hydrogen-bond donors (Lipinski definition) is 2. The third kappa shape index (κ3) is 3.22. The van der Waals surface area contributed by atoms with Crippen molar-refractivity contribution in [2.45, 2.75) is 6.54 Å². The summed E-state index contributed by atoms with van der Waals surface area (Å²) >= 11 is 0. The van der Waals surface area contributed by atoms with E-state index in [9.17, 15) is 4.79 Å². The van der Waals surface area contributed by atoms with E-state index in [2.05, 4.69) is 10.6 Å². The van der Waals surface area contributed by atoms with Gasteiger partial charge in [-0.3, -0.25) is 14.3 Å². The molecule has 72 valence electrons. The molecule has 0 unspecified atom stereocenters. The van der Waals surface area contributed by atoms with Crippen molar-refractivity contribution in [3.8, 4) is 0 Å². The molecule has 0 saturated heterocycles. The van der Waals surface area contributed by atoms with Gasteiger partial charge in [0.15, 0.2) is 0 Å². The van der Waals surface area contributed by atoms with Gasteiger partial charge in [-0.15, -0.1) is 0 Å². The van der Waals surface area contributed by atoms with Crippen molar-refractivity contribution in [2.24, 2.45) is 12.8 Å². The van der Waals surface area contributed by atoms with Gasteiger partial charge in [0.05, 0.1) is 12.2 Å². The molecular weight excluding hydrogens is 172 g/mol. The second-order valence-electron chi connectivity index (χ2n) is 2.52. The number of nitrogens with one attached hydrogen (secondary N) is 1. The van der Waals surface area contributed by atoms with Crippen LogP contribution in [0.4, 0.5) is 0 Å². The van der Waals surface area contributed by atoms with E-state index in [1.165, 1.54) is 0 Å². The van der Waals surface area contributed by atoms with Crippen LogP contribution in [-0.2, 0) is 23.2 Å². The van der Waals surface area contributed by atoms with E-state index in [4.69, 9.17) is 10.6 Å². The molecule has 0 aromatic carbocycles. The van der Waals surface area contributed by atoms with Crippen LogP contribution in [0.25, 0.3) is 0 Å². The molecule has 0 fully saturated rings. The van der Waals surface area contributed by atoms with E-state index >= 15 is 0 Å². The Morgan fingerprint density at radius 3 is 3.15 bits per heavy atom. The zero-order valence-electron chi connectivity index (χ0n) is 7.36. The third-order valence-electron chi connectivity index (χ3n) is 1.49. The number of primary amides is 1. The van der Waals surface area contributed by atoms with Crippen molar-refractivity contribution in [1.82, 2.24) is 15.3 Å².